The van der Waals surface area contributed by atoms with Gasteiger partial charge in [0.05, 0.1) is 19.8 Å². The van der Waals surface area contributed by atoms with Crippen molar-refractivity contribution in [2.45, 2.75) is 12.2 Å². The van der Waals surface area contributed by atoms with E-state index in [1.54, 1.807) is 0 Å². The van der Waals surface area contributed by atoms with E-state index in [-0.39, 0.29) is 0 Å². The van der Waals surface area contributed by atoms with Gasteiger partial charge >= 0.3 is 0 Å². The standard InChI is InChI=1S/C11H14INO2/c12-10-4-2-9(3-5-10)11(8-13)14-6-1-7-15-11/h2-5H,1,6-8,13H2. The maximum Gasteiger partial charge on any atom is 0.207 e. The summed E-state index contributed by atoms with van der Waals surface area (Å²) in [5.74, 6) is -0.720. The molecule has 4 heteroatoms. The number of benzene rings is 1. The Labute approximate surface area is 103 Å². The number of hydrogen-bond acceptors (Lipinski definition) is 3. The van der Waals surface area contributed by atoms with E-state index < -0.39 is 5.79 Å². The first-order chi connectivity index (χ1) is 7.27. The van der Waals surface area contributed by atoms with Crippen LogP contribution < -0.4 is 5.73 Å². The first-order valence-electron chi connectivity index (χ1n) is 5.01. The average molecular weight is 319 g/mol. The fourth-order valence-corrected chi connectivity index (χ4v) is 2.04. The quantitative estimate of drug-likeness (QED) is 0.846. The second-order valence-electron chi connectivity index (χ2n) is 3.51. The molecule has 0 spiro atoms. The minimum atomic E-state index is -0.720. The van der Waals surface area contributed by atoms with Crippen molar-refractivity contribution in [3.8, 4) is 0 Å². The predicted octanol–water partition coefficient (Wildman–Crippen LogP) is 1.84. The number of nitrogens with two attached hydrogens (primary N) is 1. The van der Waals surface area contributed by atoms with Crippen LogP contribution in [0.4, 0.5) is 0 Å². The molecule has 0 radical (unpaired) electrons. The van der Waals surface area contributed by atoms with Gasteiger partial charge in [-0.25, -0.2) is 0 Å². The van der Waals surface area contributed by atoms with Crippen LogP contribution in [0.15, 0.2) is 24.3 Å². The molecule has 1 aliphatic rings. The summed E-state index contributed by atoms with van der Waals surface area (Å²) in [6.45, 7) is 1.78. The van der Waals surface area contributed by atoms with Crippen LogP contribution in [0.25, 0.3) is 0 Å². The zero-order valence-corrected chi connectivity index (χ0v) is 10.6. The van der Waals surface area contributed by atoms with Crippen molar-refractivity contribution in [1.82, 2.24) is 0 Å². The Morgan fingerprint density at radius 1 is 1.20 bits per heavy atom. The molecule has 0 atom stereocenters. The molecule has 82 valence electrons. The third kappa shape index (κ3) is 2.33. The predicted molar refractivity (Wildman–Crippen MR) is 66.4 cm³/mol. The smallest absolute Gasteiger partial charge is 0.207 e. The van der Waals surface area contributed by atoms with E-state index in [0.29, 0.717) is 19.8 Å². The largest absolute Gasteiger partial charge is 0.345 e. The van der Waals surface area contributed by atoms with Crippen LogP contribution in [0.2, 0.25) is 0 Å². The van der Waals surface area contributed by atoms with Crippen molar-refractivity contribution < 1.29 is 9.47 Å². The summed E-state index contributed by atoms with van der Waals surface area (Å²) in [6, 6.07) is 8.10. The Balaban J connectivity index is 2.28. The molecular weight excluding hydrogens is 305 g/mol. The van der Waals surface area contributed by atoms with E-state index in [9.17, 15) is 0 Å². The van der Waals surface area contributed by atoms with Gasteiger partial charge in [-0.15, -0.1) is 0 Å². The van der Waals surface area contributed by atoms with Gasteiger partial charge in [0.1, 0.15) is 0 Å². The van der Waals surface area contributed by atoms with Crippen LogP contribution in [0.1, 0.15) is 12.0 Å². The SMILES string of the molecule is NCC1(c2ccc(I)cc2)OCCCO1. The van der Waals surface area contributed by atoms with Gasteiger partial charge in [-0.1, -0.05) is 12.1 Å². The molecule has 0 unspecified atom stereocenters. The fraction of sp³-hybridized carbons (Fsp3) is 0.455. The molecule has 0 saturated carbocycles. The Morgan fingerprint density at radius 2 is 1.80 bits per heavy atom. The molecule has 1 fully saturated rings. The lowest BCUT2D eigenvalue weighted by atomic mass is 10.1. The van der Waals surface area contributed by atoms with Gasteiger partial charge in [-0.3, -0.25) is 0 Å². The Morgan fingerprint density at radius 3 is 2.33 bits per heavy atom. The van der Waals surface area contributed by atoms with Gasteiger partial charge in [0.15, 0.2) is 0 Å². The third-order valence-electron chi connectivity index (χ3n) is 2.51. The molecule has 1 saturated heterocycles. The first kappa shape index (κ1) is 11.3. The third-order valence-corrected chi connectivity index (χ3v) is 3.23. The molecule has 2 N–H and O–H groups in total. The van der Waals surface area contributed by atoms with Gasteiger partial charge in [-0.2, -0.15) is 0 Å². The first-order valence-corrected chi connectivity index (χ1v) is 6.09. The molecule has 0 bridgehead atoms. The summed E-state index contributed by atoms with van der Waals surface area (Å²) in [5.41, 5.74) is 6.76. The van der Waals surface area contributed by atoms with Crippen LogP contribution in [0.5, 0.6) is 0 Å². The molecule has 0 aliphatic carbocycles. The van der Waals surface area contributed by atoms with Crippen molar-refractivity contribution in [3.05, 3.63) is 33.4 Å². The van der Waals surface area contributed by atoms with E-state index in [2.05, 4.69) is 22.6 Å². The molecule has 1 heterocycles. The topological polar surface area (TPSA) is 44.5 Å². The number of ether oxygens (including phenoxy) is 2. The molecule has 1 aliphatic heterocycles. The maximum absolute atomic E-state index is 5.76. The average Bonchev–Trinajstić information content (AvgIpc) is 2.31. The van der Waals surface area contributed by atoms with Crippen LogP contribution >= 0.6 is 22.6 Å². The van der Waals surface area contributed by atoms with Gasteiger partial charge in [0, 0.05) is 9.13 Å². The highest BCUT2D eigenvalue weighted by Crippen LogP contribution is 2.29. The Hall–Kier alpha value is -0.170. The van der Waals surface area contributed by atoms with Gasteiger partial charge in [0.2, 0.25) is 5.79 Å². The molecular formula is C11H14INO2. The van der Waals surface area contributed by atoms with Crippen molar-refractivity contribution in [3.63, 3.8) is 0 Å². The van der Waals surface area contributed by atoms with Crippen LogP contribution in [-0.4, -0.2) is 19.8 Å². The van der Waals surface area contributed by atoms with Crippen LogP contribution in [0, 0.1) is 3.57 Å². The van der Waals surface area contributed by atoms with Gasteiger partial charge in [-0.05, 0) is 41.1 Å². The highest BCUT2D eigenvalue weighted by molar-refractivity contribution is 14.1. The monoisotopic (exact) mass is 319 g/mol. The summed E-state index contributed by atoms with van der Waals surface area (Å²) in [6.07, 6.45) is 0.937. The van der Waals surface area contributed by atoms with Crippen molar-refractivity contribution in [2.24, 2.45) is 5.73 Å². The lowest BCUT2D eigenvalue weighted by Gasteiger charge is -2.36. The summed E-state index contributed by atoms with van der Waals surface area (Å²) in [4.78, 5) is 0. The number of hydrogen-bond donors (Lipinski definition) is 1. The van der Waals surface area contributed by atoms with E-state index in [1.807, 2.05) is 24.3 Å². The summed E-state index contributed by atoms with van der Waals surface area (Å²) >= 11 is 2.27. The minimum absolute atomic E-state index is 0.355. The van der Waals surface area contributed by atoms with Crippen molar-refractivity contribution in [1.29, 1.82) is 0 Å². The molecule has 3 nitrogen and oxygen atoms in total. The highest BCUT2D eigenvalue weighted by Gasteiger charge is 2.35. The molecule has 2 rings (SSSR count). The zero-order valence-electron chi connectivity index (χ0n) is 8.41. The molecule has 1 aromatic rings. The van der Waals surface area contributed by atoms with E-state index in [0.717, 1.165) is 12.0 Å². The van der Waals surface area contributed by atoms with Crippen LogP contribution in [-0.2, 0) is 15.3 Å². The normalized spacial score (nSPS) is 20.1. The van der Waals surface area contributed by atoms with Gasteiger partial charge in [0.25, 0.3) is 0 Å². The Bertz CT molecular complexity index is 320. The van der Waals surface area contributed by atoms with Crippen LogP contribution in [0.3, 0.4) is 0 Å². The lowest BCUT2D eigenvalue weighted by molar-refractivity contribution is -0.269. The van der Waals surface area contributed by atoms with Gasteiger partial charge < -0.3 is 15.2 Å². The van der Waals surface area contributed by atoms with Crippen molar-refractivity contribution >= 4 is 22.6 Å². The summed E-state index contributed by atoms with van der Waals surface area (Å²) < 4.78 is 12.6. The summed E-state index contributed by atoms with van der Waals surface area (Å²) in [7, 11) is 0. The second-order valence-corrected chi connectivity index (χ2v) is 4.76. The molecule has 15 heavy (non-hydrogen) atoms. The zero-order chi connectivity index (χ0) is 10.7. The lowest BCUT2D eigenvalue weighted by Crippen LogP contribution is -2.44. The highest BCUT2D eigenvalue weighted by atomic mass is 127. The second kappa shape index (κ2) is 4.78. The summed E-state index contributed by atoms with van der Waals surface area (Å²) in [5, 5.41) is 0. The van der Waals surface area contributed by atoms with E-state index in [1.165, 1.54) is 3.57 Å². The van der Waals surface area contributed by atoms with Crippen molar-refractivity contribution in [2.75, 3.05) is 19.8 Å². The maximum atomic E-state index is 5.76. The number of rotatable bonds is 2. The fourth-order valence-electron chi connectivity index (χ4n) is 1.68. The Kier molecular flexibility index (Phi) is 3.60. The minimum Gasteiger partial charge on any atom is -0.345 e. The molecule has 0 amide bonds. The molecule has 1 aromatic carbocycles. The van der Waals surface area contributed by atoms with E-state index in [4.69, 9.17) is 15.2 Å². The molecule has 0 aromatic heterocycles. The number of halogens is 1. The van der Waals surface area contributed by atoms with E-state index >= 15 is 0 Å².